The lowest BCUT2D eigenvalue weighted by molar-refractivity contribution is 0.789. The molecule has 0 spiro atoms. The second-order valence-electron chi connectivity index (χ2n) is 6.58. The number of nitrogens with one attached hydrogen (secondary N) is 2. The Kier molecular flexibility index (Phi) is 5.85. The van der Waals surface area contributed by atoms with Gasteiger partial charge in [0.2, 0.25) is 0 Å². The van der Waals surface area contributed by atoms with Crippen molar-refractivity contribution >= 4 is 40.5 Å². The van der Waals surface area contributed by atoms with Crippen LogP contribution in [0, 0.1) is 5.41 Å². The standard InChI is InChI=1S/C21H20ClN9/c1-2-27-28-12-15(23)16-7-8-17-20(29-16)31(14-5-3-13(11-22)4-6-14)21(30-17)18-19(24)26-10-9-25-18/h3-10,12,23,27H,2,11H2,1H3,(H2,24,26)/b23-15?,28-12-. The van der Waals surface area contributed by atoms with E-state index in [4.69, 9.17) is 32.7 Å². The third-order valence-corrected chi connectivity index (χ3v) is 4.82. The van der Waals surface area contributed by atoms with Crippen LogP contribution in [0.4, 0.5) is 5.82 Å². The van der Waals surface area contributed by atoms with Crippen LogP contribution in [-0.4, -0.2) is 43.0 Å². The van der Waals surface area contributed by atoms with Crippen LogP contribution in [0.15, 0.2) is 53.9 Å². The van der Waals surface area contributed by atoms with Crippen molar-refractivity contribution in [3.05, 3.63) is 60.0 Å². The SMILES string of the molecule is CCN/N=C\C(=N)c1ccc2nc(-c3nccnc3N)n(-c3ccc(CCl)cc3)c2n1. The molecule has 0 amide bonds. The number of halogens is 1. The number of imidazole rings is 1. The Morgan fingerprint density at radius 2 is 1.94 bits per heavy atom. The number of fused-ring (bicyclic) bond motifs is 1. The van der Waals surface area contributed by atoms with E-state index < -0.39 is 0 Å². The molecule has 0 saturated heterocycles. The molecular formula is C21H20ClN9. The Labute approximate surface area is 183 Å². The quantitative estimate of drug-likeness (QED) is 0.233. The molecule has 31 heavy (non-hydrogen) atoms. The van der Waals surface area contributed by atoms with Gasteiger partial charge in [-0.2, -0.15) is 5.10 Å². The molecule has 9 nitrogen and oxygen atoms in total. The number of nitrogen functional groups attached to an aromatic ring is 1. The van der Waals surface area contributed by atoms with Gasteiger partial charge in [-0.25, -0.2) is 19.9 Å². The summed E-state index contributed by atoms with van der Waals surface area (Å²) < 4.78 is 1.85. The van der Waals surface area contributed by atoms with E-state index in [1.54, 1.807) is 12.3 Å². The number of hydrazone groups is 1. The summed E-state index contributed by atoms with van der Waals surface area (Å²) in [5.74, 6) is 1.19. The highest BCUT2D eigenvalue weighted by molar-refractivity contribution is 6.36. The molecule has 0 aliphatic rings. The van der Waals surface area contributed by atoms with Crippen molar-refractivity contribution in [2.45, 2.75) is 12.8 Å². The van der Waals surface area contributed by atoms with Gasteiger partial charge in [0.15, 0.2) is 17.3 Å². The number of aromatic nitrogens is 5. The molecule has 10 heteroatoms. The molecule has 0 fully saturated rings. The molecule has 4 aromatic rings. The van der Waals surface area contributed by atoms with Crippen LogP contribution in [0.3, 0.4) is 0 Å². The summed E-state index contributed by atoms with van der Waals surface area (Å²) in [4.78, 5) is 17.9. The van der Waals surface area contributed by atoms with Crippen molar-refractivity contribution in [3.8, 4) is 17.2 Å². The van der Waals surface area contributed by atoms with Gasteiger partial charge < -0.3 is 11.2 Å². The molecule has 0 bridgehead atoms. The van der Waals surface area contributed by atoms with E-state index in [-0.39, 0.29) is 11.5 Å². The number of pyridine rings is 1. The zero-order chi connectivity index (χ0) is 21.8. The average molecular weight is 434 g/mol. The first-order valence-electron chi connectivity index (χ1n) is 9.58. The van der Waals surface area contributed by atoms with Gasteiger partial charge in [0.25, 0.3) is 0 Å². The van der Waals surface area contributed by atoms with Crippen LogP contribution in [0.1, 0.15) is 18.2 Å². The summed E-state index contributed by atoms with van der Waals surface area (Å²) >= 11 is 5.95. The minimum atomic E-state index is 0.175. The Morgan fingerprint density at radius 3 is 2.65 bits per heavy atom. The topological polar surface area (TPSA) is 131 Å². The monoisotopic (exact) mass is 433 g/mol. The lowest BCUT2D eigenvalue weighted by Crippen LogP contribution is -2.10. The largest absolute Gasteiger partial charge is 0.382 e. The van der Waals surface area contributed by atoms with Gasteiger partial charge >= 0.3 is 0 Å². The van der Waals surface area contributed by atoms with Gasteiger partial charge in [0.1, 0.15) is 11.2 Å². The fourth-order valence-corrected chi connectivity index (χ4v) is 3.21. The highest BCUT2D eigenvalue weighted by Crippen LogP contribution is 2.29. The van der Waals surface area contributed by atoms with Crippen molar-refractivity contribution in [1.29, 1.82) is 5.41 Å². The zero-order valence-corrected chi connectivity index (χ0v) is 17.5. The molecular weight excluding hydrogens is 414 g/mol. The summed E-state index contributed by atoms with van der Waals surface area (Å²) in [6, 6.07) is 11.3. The third-order valence-electron chi connectivity index (χ3n) is 4.51. The number of nitrogens with zero attached hydrogens (tertiary/aromatic N) is 6. The lowest BCUT2D eigenvalue weighted by atomic mass is 10.2. The van der Waals surface area contributed by atoms with E-state index in [0.29, 0.717) is 40.8 Å². The summed E-state index contributed by atoms with van der Waals surface area (Å²) in [6.07, 6.45) is 4.52. The van der Waals surface area contributed by atoms with Gasteiger partial charge in [-0.1, -0.05) is 12.1 Å². The maximum Gasteiger partial charge on any atom is 0.169 e. The molecule has 0 radical (unpaired) electrons. The number of hydrogen-bond acceptors (Lipinski definition) is 8. The van der Waals surface area contributed by atoms with Crippen LogP contribution in [0.5, 0.6) is 0 Å². The average Bonchev–Trinajstić information content (AvgIpc) is 3.18. The summed E-state index contributed by atoms with van der Waals surface area (Å²) in [7, 11) is 0. The predicted octanol–water partition coefficient (Wildman–Crippen LogP) is 3.16. The Morgan fingerprint density at radius 1 is 1.16 bits per heavy atom. The van der Waals surface area contributed by atoms with Crippen LogP contribution in [0.25, 0.3) is 28.4 Å². The fourth-order valence-electron chi connectivity index (χ4n) is 3.03. The molecule has 156 valence electrons. The second-order valence-corrected chi connectivity index (χ2v) is 6.85. The van der Waals surface area contributed by atoms with E-state index in [1.807, 2.05) is 41.8 Å². The molecule has 0 unspecified atom stereocenters. The first-order valence-corrected chi connectivity index (χ1v) is 10.1. The minimum Gasteiger partial charge on any atom is -0.382 e. The van der Waals surface area contributed by atoms with Crippen molar-refractivity contribution in [3.63, 3.8) is 0 Å². The lowest BCUT2D eigenvalue weighted by Gasteiger charge is -2.10. The predicted molar refractivity (Wildman–Crippen MR) is 123 cm³/mol. The molecule has 4 N–H and O–H groups in total. The molecule has 0 aliphatic heterocycles. The van der Waals surface area contributed by atoms with E-state index in [2.05, 4.69) is 20.5 Å². The van der Waals surface area contributed by atoms with E-state index in [1.165, 1.54) is 12.4 Å². The fraction of sp³-hybridized carbons (Fsp3) is 0.143. The summed E-state index contributed by atoms with van der Waals surface area (Å²) in [5.41, 5.74) is 13.0. The van der Waals surface area contributed by atoms with Crippen molar-refractivity contribution in [2.24, 2.45) is 5.10 Å². The van der Waals surface area contributed by atoms with Crippen LogP contribution in [0.2, 0.25) is 0 Å². The van der Waals surface area contributed by atoms with Gasteiger partial charge in [0, 0.05) is 30.5 Å². The van der Waals surface area contributed by atoms with Crippen LogP contribution in [-0.2, 0) is 5.88 Å². The molecule has 3 heterocycles. The first-order chi connectivity index (χ1) is 15.1. The van der Waals surface area contributed by atoms with Crippen LogP contribution >= 0.6 is 11.6 Å². The summed E-state index contributed by atoms with van der Waals surface area (Å²) in [5, 5.41) is 12.3. The first kappa shape index (κ1) is 20.4. The minimum absolute atomic E-state index is 0.175. The third kappa shape index (κ3) is 4.08. The number of hydrogen-bond donors (Lipinski definition) is 3. The van der Waals surface area contributed by atoms with Gasteiger partial charge in [0.05, 0.1) is 17.6 Å². The van der Waals surface area contributed by atoms with E-state index in [0.717, 1.165) is 11.3 Å². The highest BCUT2D eigenvalue weighted by atomic mass is 35.5. The maximum atomic E-state index is 8.28. The van der Waals surface area contributed by atoms with Gasteiger partial charge in [-0.05, 0) is 36.8 Å². The van der Waals surface area contributed by atoms with Crippen molar-refractivity contribution in [2.75, 3.05) is 12.3 Å². The van der Waals surface area contributed by atoms with Gasteiger partial charge in [-0.15, -0.1) is 11.6 Å². The second kappa shape index (κ2) is 8.88. The number of nitrogens with two attached hydrogens (primary N) is 1. The number of anilines is 1. The molecule has 0 saturated carbocycles. The number of alkyl halides is 1. The molecule has 3 aromatic heterocycles. The Hall–Kier alpha value is -3.85. The molecule has 1 aromatic carbocycles. The highest BCUT2D eigenvalue weighted by Gasteiger charge is 2.19. The van der Waals surface area contributed by atoms with Crippen LogP contribution < -0.4 is 11.2 Å². The molecule has 4 rings (SSSR count). The van der Waals surface area contributed by atoms with E-state index >= 15 is 0 Å². The summed E-state index contributed by atoms with van der Waals surface area (Å²) in [6.45, 7) is 2.60. The zero-order valence-electron chi connectivity index (χ0n) is 16.7. The Balaban J connectivity index is 1.92. The number of benzene rings is 1. The molecule has 0 atom stereocenters. The smallest absolute Gasteiger partial charge is 0.169 e. The van der Waals surface area contributed by atoms with Gasteiger partial charge in [-0.3, -0.25) is 9.98 Å². The van der Waals surface area contributed by atoms with Crippen molar-refractivity contribution < 1.29 is 0 Å². The normalized spacial score (nSPS) is 11.3. The number of rotatable bonds is 7. The maximum absolute atomic E-state index is 8.28. The van der Waals surface area contributed by atoms with Crippen molar-refractivity contribution in [1.82, 2.24) is 29.9 Å². The molecule has 0 aliphatic carbocycles. The van der Waals surface area contributed by atoms with E-state index in [9.17, 15) is 0 Å². The Bertz CT molecular complexity index is 1260.